The molecule has 0 aromatic carbocycles. The smallest absolute Gasteiger partial charge is 0.0236 e. The van der Waals surface area contributed by atoms with Crippen molar-refractivity contribution in [3.8, 4) is 0 Å². The van der Waals surface area contributed by atoms with E-state index in [9.17, 15) is 0 Å². The third-order valence-electron chi connectivity index (χ3n) is 0.371. The van der Waals surface area contributed by atoms with E-state index in [1.165, 1.54) is 0 Å². The van der Waals surface area contributed by atoms with Crippen LogP contribution in [0.2, 0.25) is 0 Å². The van der Waals surface area contributed by atoms with E-state index < -0.39 is 0 Å². The first-order valence-electron chi connectivity index (χ1n) is 1.80. The Morgan fingerprint density at radius 2 is 2.00 bits per heavy atom. The van der Waals surface area contributed by atoms with Crippen molar-refractivity contribution < 1.29 is 5.48 Å². The summed E-state index contributed by atoms with van der Waals surface area (Å²) in [7, 11) is 0. The second-order valence-electron chi connectivity index (χ2n) is 0.860. The number of hydrogen-bond donors (Lipinski definition) is 4. The van der Waals surface area contributed by atoms with E-state index in [1.807, 2.05) is 0 Å². The summed E-state index contributed by atoms with van der Waals surface area (Å²) in [4.78, 5) is 0. The normalized spacial score (nSPS) is 7.71. The number of nitrogens with two attached hydrogens (primary N) is 2. The molecule has 0 saturated heterocycles. The third-order valence-corrected chi connectivity index (χ3v) is 0.371. The van der Waals surface area contributed by atoms with Crippen molar-refractivity contribution in [2.45, 2.75) is 0 Å². The predicted molar refractivity (Wildman–Crippen MR) is 28.0 cm³/mol. The van der Waals surface area contributed by atoms with Crippen LogP contribution < -0.4 is 22.5 Å². The highest BCUT2D eigenvalue weighted by molar-refractivity contribution is 4.32. The second-order valence-corrected chi connectivity index (χ2v) is 0.860. The lowest BCUT2D eigenvalue weighted by Crippen LogP contribution is -2.40. The molecule has 0 atom stereocenters. The number of nitrogens with one attached hydrogen (secondary N) is 2. The van der Waals surface area contributed by atoms with Gasteiger partial charge in [-0.1, -0.05) is 0 Å². The lowest BCUT2D eigenvalue weighted by molar-refractivity contribution is 0.561. The molecule has 0 aromatic rings. The van der Waals surface area contributed by atoms with Crippen molar-refractivity contribution in [3.05, 3.63) is 0 Å². The fourth-order valence-electron chi connectivity index (χ4n) is 0.144. The third kappa shape index (κ3) is 10.7. The van der Waals surface area contributed by atoms with Crippen molar-refractivity contribution in [2.75, 3.05) is 13.1 Å². The zero-order valence-electron chi connectivity index (χ0n) is 4.07. The second kappa shape index (κ2) is 9.25. The highest BCUT2D eigenvalue weighted by Gasteiger charge is 1.69. The maximum absolute atomic E-state index is 5.06. The summed E-state index contributed by atoms with van der Waals surface area (Å²) in [6.45, 7) is 1.31. The number of hydrogen-bond acceptors (Lipinski definition) is 4. The molecule has 0 rings (SSSR count). The van der Waals surface area contributed by atoms with Gasteiger partial charge in [-0.3, -0.25) is 5.84 Å². The van der Waals surface area contributed by atoms with Gasteiger partial charge in [-0.05, 0) is 0 Å². The van der Waals surface area contributed by atoms with Gasteiger partial charge in [0.15, 0.2) is 0 Å². The van der Waals surface area contributed by atoms with Crippen molar-refractivity contribution in [1.82, 2.24) is 11.0 Å². The van der Waals surface area contributed by atoms with Gasteiger partial charge in [0.2, 0.25) is 0 Å². The minimum absolute atomic E-state index is 0. The van der Waals surface area contributed by atoms with E-state index in [4.69, 9.17) is 11.6 Å². The van der Waals surface area contributed by atoms with E-state index in [1.54, 1.807) is 0 Å². The van der Waals surface area contributed by atoms with Crippen molar-refractivity contribution in [2.24, 2.45) is 11.6 Å². The van der Waals surface area contributed by atoms with Crippen LogP contribution in [0.3, 0.4) is 0 Å². The average molecular weight is 108 g/mol. The van der Waals surface area contributed by atoms with Crippen LogP contribution in [0.25, 0.3) is 0 Å². The molecule has 0 aliphatic rings. The van der Waals surface area contributed by atoms with E-state index in [0.29, 0.717) is 13.1 Å². The Hall–Kier alpha value is -0.200. The molecule has 0 amide bonds. The first kappa shape index (κ1) is 9.93. The summed E-state index contributed by atoms with van der Waals surface area (Å²) in [6, 6.07) is 0. The first-order chi connectivity index (χ1) is 2.91. The largest absolute Gasteiger partial charge is 0.412 e. The van der Waals surface area contributed by atoms with Crippen LogP contribution in [0.15, 0.2) is 0 Å². The van der Waals surface area contributed by atoms with Gasteiger partial charge in [0.1, 0.15) is 0 Å². The highest BCUT2D eigenvalue weighted by atomic mass is 16.0. The fraction of sp³-hybridized carbons (Fsp3) is 1.00. The van der Waals surface area contributed by atoms with Gasteiger partial charge in [0.25, 0.3) is 0 Å². The fourth-order valence-corrected chi connectivity index (χ4v) is 0.144. The highest BCUT2D eigenvalue weighted by Crippen LogP contribution is 1.36. The van der Waals surface area contributed by atoms with E-state index in [-0.39, 0.29) is 5.48 Å². The Balaban J connectivity index is 0. The molecule has 5 heteroatoms. The Labute approximate surface area is 42.3 Å². The summed E-state index contributed by atoms with van der Waals surface area (Å²) >= 11 is 0. The van der Waals surface area contributed by atoms with Gasteiger partial charge in [-0.15, -0.1) is 0 Å². The van der Waals surface area contributed by atoms with E-state index in [0.717, 1.165) is 0 Å². The Kier molecular flexibility index (Phi) is 13.1. The molecule has 0 aliphatic heterocycles. The molecule has 0 saturated carbocycles. The Morgan fingerprint density at radius 3 is 2.14 bits per heavy atom. The van der Waals surface area contributed by atoms with Gasteiger partial charge in [-0.25, -0.2) is 5.43 Å². The lowest BCUT2D eigenvalue weighted by atomic mass is 10.7. The van der Waals surface area contributed by atoms with Gasteiger partial charge in [0.05, 0.1) is 0 Å². The molecule has 0 aliphatic carbocycles. The minimum Gasteiger partial charge on any atom is -0.412 e. The van der Waals surface area contributed by atoms with Crippen molar-refractivity contribution in [3.63, 3.8) is 0 Å². The zero-order chi connectivity index (χ0) is 4.83. The van der Waals surface area contributed by atoms with Crippen LogP contribution >= 0.6 is 0 Å². The van der Waals surface area contributed by atoms with Crippen LogP contribution in [0, 0.1) is 0 Å². The molecule has 5 nitrogen and oxygen atoms in total. The van der Waals surface area contributed by atoms with E-state index >= 15 is 0 Å². The van der Waals surface area contributed by atoms with Gasteiger partial charge in [-0.2, -0.15) is 5.53 Å². The maximum atomic E-state index is 5.06. The lowest BCUT2D eigenvalue weighted by Gasteiger charge is -1.94. The monoisotopic (exact) mass is 108 g/mol. The van der Waals surface area contributed by atoms with Crippen LogP contribution in [0.1, 0.15) is 0 Å². The SMILES string of the molecule is NCCNNN.O. The minimum atomic E-state index is 0. The van der Waals surface area contributed by atoms with Crippen LogP contribution in [-0.4, -0.2) is 18.6 Å². The van der Waals surface area contributed by atoms with Crippen LogP contribution in [0.5, 0.6) is 0 Å². The molecule has 7 heavy (non-hydrogen) atoms. The van der Waals surface area contributed by atoms with Crippen molar-refractivity contribution in [1.29, 1.82) is 0 Å². The average Bonchev–Trinajstić information content (AvgIpc) is 1.61. The van der Waals surface area contributed by atoms with Gasteiger partial charge < -0.3 is 11.2 Å². The zero-order valence-corrected chi connectivity index (χ0v) is 4.07. The summed E-state index contributed by atoms with van der Waals surface area (Å²) in [5.74, 6) is 4.80. The Morgan fingerprint density at radius 1 is 1.43 bits per heavy atom. The molecule has 0 fully saturated rings. The molecule has 0 aromatic heterocycles. The molecule has 8 N–H and O–H groups in total. The summed E-state index contributed by atoms with van der Waals surface area (Å²) in [5, 5.41) is 0. The molecule has 0 spiro atoms. The van der Waals surface area contributed by atoms with E-state index in [2.05, 4.69) is 11.0 Å². The molecular formula is C2H12N4O. The number of rotatable bonds is 3. The Bertz CT molecular complexity index is 21.7. The number of hydrazine groups is 2. The topological polar surface area (TPSA) is 108 Å². The quantitative estimate of drug-likeness (QED) is 0.176. The summed E-state index contributed by atoms with van der Waals surface area (Å²) in [5.41, 5.74) is 9.90. The first-order valence-corrected chi connectivity index (χ1v) is 1.80. The standard InChI is InChI=1S/C2H10N4.H2O/c3-1-2-5-6-4;/h5-6H,1-4H2;1H2. The molecule has 46 valence electrons. The molecule has 0 unspecified atom stereocenters. The van der Waals surface area contributed by atoms with Gasteiger partial charge in [0, 0.05) is 13.1 Å². The maximum Gasteiger partial charge on any atom is 0.0236 e. The van der Waals surface area contributed by atoms with Crippen molar-refractivity contribution >= 4 is 0 Å². The van der Waals surface area contributed by atoms with Crippen LogP contribution in [-0.2, 0) is 0 Å². The summed E-state index contributed by atoms with van der Waals surface area (Å²) < 4.78 is 0. The summed E-state index contributed by atoms with van der Waals surface area (Å²) in [6.07, 6.45) is 0. The molecular weight excluding hydrogens is 96.0 g/mol. The van der Waals surface area contributed by atoms with Gasteiger partial charge >= 0.3 is 0 Å². The molecule has 0 bridgehead atoms. The molecule has 0 radical (unpaired) electrons. The molecule has 0 heterocycles. The predicted octanol–water partition coefficient (Wildman–Crippen LogP) is -2.91. The van der Waals surface area contributed by atoms with Crippen LogP contribution in [0.4, 0.5) is 0 Å².